The van der Waals surface area contributed by atoms with E-state index in [0.717, 1.165) is 35.5 Å². The standard InChI is InChI=1S/C21H25BrN2OS/c1-15-5-4-6-20(16(15)2)23-11-13-24(14-12-23)21(25)17(3)26-19-9-7-18(22)8-10-19/h4-10,17H,11-14H2,1-3H3. The summed E-state index contributed by atoms with van der Waals surface area (Å²) in [5.74, 6) is 0.235. The third-order valence-corrected chi connectivity index (χ3v) is 6.61. The van der Waals surface area contributed by atoms with Crippen LogP contribution in [0.5, 0.6) is 0 Å². The number of hydrogen-bond acceptors (Lipinski definition) is 3. The van der Waals surface area contributed by atoms with Gasteiger partial charge >= 0.3 is 0 Å². The van der Waals surface area contributed by atoms with Gasteiger partial charge in [0, 0.05) is 41.2 Å². The number of benzene rings is 2. The molecule has 26 heavy (non-hydrogen) atoms. The quantitative estimate of drug-likeness (QED) is 0.642. The summed E-state index contributed by atoms with van der Waals surface area (Å²) < 4.78 is 1.06. The Morgan fingerprint density at radius 2 is 1.69 bits per heavy atom. The Kier molecular flexibility index (Phi) is 6.30. The van der Waals surface area contributed by atoms with Crippen molar-refractivity contribution >= 4 is 39.3 Å². The van der Waals surface area contributed by atoms with Crippen LogP contribution in [0.15, 0.2) is 51.8 Å². The summed E-state index contributed by atoms with van der Waals surface area (Å²) in [6.07, 6.45) is 0. The molecule has 1 atom stereocenters. The maximum atomic E-state index is 12.8. The van der Waals surface area contributed by atoms with Gasteiger partial charge in [-0.05, 0) is 62.2 Å². The largest absolute Gasteiger partial charge is 0.368 e. The Morgan fingerprint density at radius 3 is 2.35 bits per heavy atom. The van der Waals surface area contributed by atoms with E-state index in [-0.39, 0.29) is 11.2 Å². The molecular formula is C21H25BrN2OS. The van der Waals surface area contributed by atoms with E-state index in [2.05, 4.69) is 65.0 Å². The Bertz CT molecular complexity index is 770. The maximum absolute atomic E-state index is 12.8. The Hall–Kier alpha value is -1.46. The highest BCUT2D eigenvalue weighted by atomic mass is 79.9. The van der Waals surface area contributed by atoms with Crippen molar-refractivity contribution in [3.8, 4) is 0 Å². The summed E-state index contributed by atoms with van der Waals surface area (Å²) in [5.41, 5.74) is 3.96. The molecule has 1 aliphatic heterocycles. The molecule has 2 aromatic rings. The van der Waals surface area contributed by atoms with Crippen LogP contribution in [0.1, 0.15) is 18.1 Å². The topological polar surface area (TPSA) is 23.6 Å². The zero-order valence-corrected chi connectivity index (χ0v) is 17.9. The van der Waals surface area contributed by atoms with Crippen LogP contribution in [-0.4, -0.2) is 42.2 Å². The van der Waals surface area contributed by atoms with Crippen LogP contribution < -0.4 is 4.90 Å². The fourth-order valence-electron chi connectivity index (χ4n) is 3.27. The second-order valence-corrected chi connectivity index (χ2v) is 9.08. The Balaban J connectivity index is 1.57. The number of amides is 1. The first kappa shape index (κ1) is 19.3. The lowest BCUT2D eigenvalue weighted by atomic mass is 10.1. The van der Waals surface area contributed by atoms with Crippen LogP contribution in [0.4, 0.5) is 5.69 Å². The highest BCUT2D eigenvalue weighted by molar-refractivity contribution is 9.10. The highest BCUT2D eigenvalue weighted by Crippen LogP contribution is 2.27. The fraction of sp³-hybridized carbons (Fsp3) is 0.381. The fourth-order valence-corrected chi connectivity index (χ4v) is 4.49. The first-order valence-corrected chi connectivity index (χ1v) is 10.6. The van der Waals surface area contributed by atoms with Gasteiger partial charge in [0.05, 0.1) is 5.25 Å². The van der Waals surface area contributed by atoms with Crippen molar-refractivity contribution in [1.29, 1.82) is 0 Å². The summed E-state index contributed by atoms with van der Waals surface area (Å²) in [4.78, 5) is 18.4. The van der Waals surface area contributed by atoms with Gasteiger partial charge in [0.25, 0.3) is 0 Å². The van der Waals surface area contributed by atoms with Gasteiger partial charge < -0.3 is 9.80 Å². The third kappa shape index (κ3) is 4.44. The maximum Gasteiger partial charge on any atom is 0.235 e. The molecule has 0 N–H and O–H groups in total. The minimum absolute atomic E-state index is 0.0663. The predicted molar refractivity (Wildman–Crippen MR) is 114 cm³/mol. The van der Waals surface area contributed by atoms with Crippen LogP contribution in [-0.2, 0) is 4.79 Å². The Morgan fingerprint density at radius 1 is 1.04 bits per heavy atom. The average Bonchev–Trinajstić information content (AvgIpc) is 2.65. The van der Waals surface area contributed by atoms with E-state index in [0.29, 0.717) is 0 Å². The van der Waals surface area contributed by atoms with E-state index < -0.39 is 0 Å². The second-order valence-electron chi connectivity index (χ2n) is 6.75. The van der Waals surface area contributed by atoms with Gasteiger partial charge in [-0.1, -0.05) is 28.1 Å². The lowest BCUT2D eigenvalue weighted by Crippen LogP contribution is -2.50. The predicted octanol–water partition coefficient (Wildman–Crippen LogP) is 4.90. The number of carbonyl (C=O) groups excluding carboxylic acids is 1. The molecule has 3 nitrogen and oxygen atoms in total. The summed E-state index contributed by atoms with van der Waals surface area (Å²) in [6.45, 7) is 9.71. The molecule has 3 rings (SSSR count). The second kappa shape index (κ2) is 8.49. The summed E-state index contributed by atoms with van der Waals surface area (Å²) in [7, 11) is 0. The SMILES string of the molecule is Cc1cccc(N2CCN(C(=O)C(C)Sc3ccc(Br)cc3)CC2)c1C. The third-order valence-electron chi connectivity index (χ3n) is 4.98. The molecule has 2 aromatic carbocycles. The normalized spacial score (nSPS) is 15.8. The number of nitrogens with zero attached hydrogens (tertiary/aromatic N) is 2. The van der Waals surface area contributed by atoms with Crippen molar-refractivity contribution in [2.24, 2.45) is 0 Å². The molecule has 1 heterocycles. The zero-order valence-electron chi connectivity index (χ0n) is 15.5. The monoisotopic (exact) mass is 432 g/mol. The first-order chi connectivity index (χ1) is 12.5. The lowest BCUT2D eigenvalue weighted by molar-refractivity contribution is -0.130. The molecular weight excluding hydrogens is 408 g/mol. The van der Waals surface area contributed by atoms with Gasteiger partial charge in [0.2, 0.25) is 5.91 Å². The molecule has 1 aliphatic rings. The average molecular weight is 433 g/mol. The van der Waals surface area contributed by atoms with Gasteiger partial charge in [-0.15, -0.1) is 11.8 Å². The molecule has 0 bridgehead atoms. The first-order valence-electron chi connectivity index (χ1n) is 8.98. The Labute approximate surface area is 168 Å². The van der Waals surface area contributed by atoms with Gasteiger partial charge in [-0.3, -0.25) is 4.79 Å². The number of hydrogen-bond donors (Lipinski definition) is 0. The molecule has 0 saturated carbocycles. The number of thioether (sulfide) groups is 1. The lowest BCUT2D eigenvalue weighted by Gasteiger charge is -2.38. The number of aryl methyl sites for hydroxylation is 1. The molecule has 0 aromatic heterocycles. The number of carbonyl (C=O) groups is 1. The van der Waals surface area contributed by atoms with Crippen LogP contribution >= 0.6 is 27.7 Å². The van der Waals surface area contributed by atoms with Crippen LogP contribution in [0.3, 0.4) is 0 Å². The molecule has 5 heteroatoms. The van der Waals surface area contributed by atoms with Gasteiger partial charge in [-0.25, -0.2) is 0 Å². The van der Waals surface area contributed by atoms with E-state index in [9.17, 15) is 4.79 Å². The number of piperazine rings is 1. The van der Waals surface area contributed by atoms with Gasteiger partial charge in [0.1, 0.15) is 0 Å². The van der Waals surface area contributed by atoms with Crippen LogP contribution in [0.2, 0.25) is 0 Å². The van der Waals surface area contributed by atoms with E-state index in [1.165, 1.54) is 16.8 Å². The summed E-state index contributed by atoms with van der Waals surface area (Å²) in [5, 5.41) is -0.0663. The van der Waals surface area contributed by atoms with Crippen molar-refractivity contribution < 1.29 is 4.79 Å². The molecule has 1 unspecified atom stereocenters. The summed E-state index contributed by atoms with van der Waals surface area (Å²) >= 11 is 5.08. The molecule has 0 spiro atoms. The molecule has 1 amide bonds. The number of rotatable bonds is 4. The van der Waals surface area contributed by atoms with Gasteiger partial charge in [-0.2, -0.15) is 0 Å². The molecule has 1 saturated heterocycles. The number of halogens is 1. The van der Waals surface area contributed by atoms with E-state index in [1.54, 1.807) is 11.8 Å². The number of anilines is 1. The summed E-state index contributed by atoms with van der Waals surface area (Å²) in [6, 6.07) is 14.6. The van der Waals surface area contributed by atoms with E-state index in [1.807, 2.05) is 24.0 Å². The van der Waals surface area contributed by atoms with Crippen molar-refractivity contribution in [2.75, 3.05) is 31.1 Å². The van der Waals surface area contributed by atoms with Crippen molar-refractivity contribution in [1.82, 2.24) is 4.90 Å². The van der Waals surface area contributed by atoms with Crippen molar-refractivity contribution in [3.05, 3.63) is 58.1 Å². The zero-order chi connectivity index (χ0) is 18.7. The van der Waals surface area contributed by atoms with Crippen molar-refractivity contribution in [3.63, 3.8) is 0 Å². The molecule has 0 radical (unpaired) electrons. The van der Waals surface area contributed by atoms with Gasteiger partial charge in [0.15, 0.2) is 0 Å². The smallest absolute Gasteiger partial charge is 0.235 e. The molecule has 1 fully saturated rings. The highest BCUT2D eigenvalue weighted by Gasteiger charge is 2.26. The van der Waals surface area contributed by atoms with E-state index in [4.69, 9.17) is 0 Å². The van der Waals surface area contributed by atoms with E-state index >= 15 is 0 Å². The van der Waals surface area contributed by atoms with Crippen molar-refractivity contribution in [2.45, 2.75) is 30.9 Å². The molecule has 138 valence electrons. The van der Waals surface area contributed by atoms with Crippen LogP contribution in [0.25, 0.3) is 0 Å². The minimum atomic E-state index is -0.0663. The molecule has 0 aliphatic carbocycles. The minimum Gasteiger partial charge on any atom is -0.368 e. The van der Waals surface area contributed by atoms with Crippen LogP contribution in [0, 0.1) is 13.8 Å².